The summed E-state index contributed by atoms with van der Waals surface area (Å²) in [6.45, 7) is 1.80. The monoisotopic (exact) mass is 345 g/mol. The van der Waals surface area contributed by atoms with Crippen LogP contribution < -0.4 is 19.5 Å². The summed E-state index contributed by atoms with van der Waals surface area (Å²) in [5.41, 5.74) is 0.258. The number of nitrogens with one attached hydrogen (secondary N) is 1. The Morgan fingerprint density at radius 1 is 1.20 bits per heavy atom. The number of hydrogen-bond donors (Lipinski definition) is 1. The molecule has 0 aliphatic carbocycles. The normalized spacial score (nSPS) is 11.3. The first-order chi connectivity index (χ1) is 12.1. The first-order valence-corrected chi connectivity index (χ1v) is 7.61. The van der Waals surface area contributed by atoms with Crippen LogP contribution in [0.2, 0.25) is 0 Å². The van der Waals surface area contributed by atoms with E-state index in [2.05, 4.69) is 15.3 Å². The van der Waals surface area contributed by atoms with Gasteiger partial charge >= 0.3 is 6.01 Å². The molecule has 2 rings (SSSR count). The molecule has 8 nitrogen and oxygen atoms in total. The molecule has 8 heteroatoms. The van der Waals surface area contributed by atoms with Crippen LogP contribution in [0.15, 0.2) is 30.3 Å². The topological polar surface area (TPSA) is 99.6 Å². The van der Waals surface area contributed by atoms with Crippen molar-refractivity contribution in [2.24, 2.45) is 0 Å². The lowest BCUT2D eigenvalue weighted by molar-refractivity contribution is -0.109. The molecule has 0 radical (unpaired) electrons. The van der Waals surface area contributed by atoms with E-state index in [1.807, 2.05) is 0 Å². The van der Waals surface area contributed by atoms with E-state index >= 15 is 0 Å². The predicted octanol–water partition coefficient (Wildman–Crippen LogP) is 1.99. The lowest BCUT2D eigenvalue weighted by atomic mass is 10.1. The summed E-state index contributed by atoms with van der Waals surface area (Å²) in [5, 5.41) is 2.63. The summed E-state index contributed by atoms with van der Waals surface area (Å²) in [4.78, 5) is 31.4. The van der Waals surface area contributed by atoms with Crippen LogP contribution in [0.25, 0.3) is 0 Å². The summed E-state index contributed by atoms with van der Waals surface area (Å²) in [5.74, 6) is 0.340. The number of hydrogen-bond acceptors (Lipinski definition) is 7. The second-order valence-electron chi connectivity index (χ2n) is 4.96. The average Bonchev–Trinajstić information content (AvgIpc) is 2.65. The standard InChI is InChI=1S/C17H19N3O5/c1-4-11(10-21)18-16(22)12-7-5-6-8-13(12)25-17-19-14(23-2)9-15(20-17)24-3/h5-11H,4H2,1-3H3,(H,18,22)/t11-/m0/s1. The fourth-order valence-corrected chi connectivity index (χ4v) is 1.96. The van der Waals surface area contributed by atoms with Crippen molar-refractivity contribution in [1.82, 2.24) is 15.3 Å². The Morgan fingerprint density at radius 2 is 1.84 bits per heavy atom. The maximum absolute atomic E-state index is 12.4. The summed E-state index contributed by atoms with van der Waals surface area (Å²) in [6, 6.07) is 7.50. The van der Waals surface area contributed by atoms with Crippen molar-refractivity contribution in [3.8, 4) is 23.5 Å². The first kappa shape index (κ1) is 18.2. The molecule has 0 bridgehead atoms. The summed E-state index contributed by atoms with van der Waals surface area (Å²) in [7, 11) is 2.91. The molecule has 1 aromatic heterocycles. The number of aldehydes is 1. The van der Waals surface area contributed by atoms with Crippen LogP contribution in [-0.2, 0) is 4.79 Å². The highest BCUT2D eigenvalue weighted by Gasteiger charge is 2.17. The molecule has 0 unspecified atom stereocenters. The SMILES string of the molecule is CC[C@@H](C=O)NC(=O)c1ccccc1Oc1nc(OC)cc(OC)n1. The van der Waals surface area contributed by atoms with Gasteiger partial charge in [-0.1, -0.05) is 19.1 Å². The van der Waals surface area contributed by atoms with Crippen molar-refractivity contribution in [1.29, 1.82) is 0 Å². The predicted molar refractivity (Wildman–Crippen MR) is 89.3 cm³/mol. The number of para-hydroxylation sites is 1. The zero-order valence-electron chi connectivity index (χ0n) is 14.2. The maximum atomic E-state index is 12.4. The molecule has 1 amide bonds. The lowest BCUT2D eigenvalue weighted by Crippen LogP contribution is -2.35. The molecule has 2 aromatic rings. The van der Waals surface area contributed by atoms with E-state index < -0.39 is 11.9 Å². The van der Waals surface area contributed by atoms with Crippen molar-refractivity contribution in [2.75, 3.05) is 14.2 Å². The van der Waals surface area contributed by atoms with Crippen molar-refractivity contribution in [2.45, 2.75) is 19.4 Å². The molecule has 0 aliphatic heterocycles. The molecule has 1 heterocycles. The quantitative estimate of drug-likeness (QED) is 0.730. The van der Waals surface area contributed by atoms with Crippen LogP contribution >= 0.6 is 0 Å². The van der Waals surface area contributed by atoms with Gasteiger partial charge in [-0.25, -0.2) is 0 Å². The Labute approximate surface area is 145 Å². The molecular formula is C17H19N3O5. The van der Waals surface area contributed by atoms with Gasteiger partial charge in [-0.3, -0.25) is 4.79 Å². The van der Waals surface area contributed by atoms with Crippen molar-refractivity contribution in [3.63, 3.8) is 0 Å². The van der Waals surface area contributed by atoms with Crippen LogP contribution in [0.5, 0.6) is 23.5 Å². The van der Waals surface area contributed by atoms with Crippen molar-refractivity contribution in [3.05, 3.63) is 35.9 Å². The third-order valence-electron chi connectivity index (χ3n) is 3.33. The number of methoxy groups -OCH3 is 2. The molecule has 132 valence electrons. The van der Waals surface area contributed by atoms with Gasteiger partial charge in [-0.05, 0) is 18.6 Å². The number of rotatable bonds is 8. The van der Waals surface area contributed by atoms with E-state index in [1.165, 1.54) is 20.3 Å². The van der Waals surface area contributed by atoms with Gasteiger partial charge in [0, 0.05) is 0 Å². The van der Waals surface area contributed by atoms with E-state index in [4.69, 9.17) is 14.2 Å². The van der Waals surface area contributed by atoms with Gasteiger partial charge in [-0.15, -0.1) is 0 Å². The summed E-state index contributed by atoms with van der Waals surface area (Å²) in [6.07, 6.45) is 1.19. The third kappa shape index (κ3) is 4.66. The number of carbonyl (C=O) groups excluding carboxylic acids is 2. The lowest BCUT2D eigenvalue weighted by Gasteiger charge is -2.13. The molecule has 1 atom stereocenters. The number of carbonyl (C=O) groups is 2. The zero-order valence-corrected chi connectivity index (χ0v) is 14.2. The minimum Gasteiger partial charge on any atom is -0.481 e. The molecule has 1 N–H and O–H groups in total. The fraction of sp³-hybridized carbons (Fsp3) is 0.294. The van der Waals surface area contributed by atoms with Gasteiger partial charge in [0.2, 0.25) is 11.8 Å². The fourth-order valence-electron chi connectivity index (χ4n) is 1.96. The average molecular weight is 345 g/mol. The highest BCUT2D eigenvalue weighted by molar-refractivity contribution is 5.98. The number of amides is 1. The Kier molecular flexibility index (Phi) is 6.27. The van der Waals surface area contributed by atoms with E-state index in [1.54, 1.807) is 31.2 Å². The van der Waals surface area contributed by atoms with Crippen LogP contribution in [0.1, 0.15) is 23.7 Å². The first-order valence-electron chi connectivity index (χ1n) is 7.61. The van der Waals surface area contributed by atoms with Gasteiger partial charge in [-0.2, -0.15) is 9.97 Å². The molecule has 0 fully saturated rings. The molecular weight excluding hydrogens is 326 g/mol. The highest BCUT2D eigenvalue weighted by atomic mass is 16.5. The summed E-state index contributed by atoms with van der Waals surface area (Å²) >= 11 is 0. The van der Waals surface area contributed by atoms with Crippen LogP contribution in [0.3, 0.4) is 0 Å². The number of nitrogens with zero attached hydrogens (tertiary/aromatic N) is 2. The van der Waals surface area contributed by atoms with Crippen LogP contribution in [-0.4, -0.2) is 42.4 Å². The van der Waals surface area contributed by atoms with E-state index in [0.29, 0.717) is 12.7 Å². The minimum atomic E-state index is -0.561. The molecule has 1 aromatic carbocycles. The molecule has 0 spiro atoms. The van der Waals surface area contributed by atoms with Gasteiger partial charge < -0.3 is 24.3 Å². The molecule has 0 saturated carbocycles. The second-order valence-corrected chi connectivity index (χ2v) is 4.96. The van der Waals surface area contributed by atoms with E-state index in [-0.39, 0.29) is 29.1 Å². The van der Waals surface area contributed by atoms with Gasteiger partial charge in [0.05, 0.1) is 31.9 Å². The Morgan fingerprint density at radius 3 is 2.40 bits per heavy atom. The summed E-state index contributed by atoms with van der Waals surface area (Å²) < 4.78 is 15.8. The van der Waals surface area contributed by atoms with Crippen molar-refractivity contribution >= 4 is 12.2 Å². The van der Waals surface area contributed by atoms with Gasteiger partial charge in [0.15, 0.2) is 0 Å². The number of aromatic nitrogens is 2. The zero-order chi connectivity index (χ0) is 18.2. The van der Waals surface area contributed by atoms with E-state index in [9.17, 15) is 9.59 Å². The Bertz CT molecular complexity index is 729. The van der Waals surface area contributed by atoms with Gasteiger partial charge in [0.25, 0.3) is 5.91 Å². The minimum absolute atomic E-state index is 0.0288. The van der Waals surface area contributed by atoms with E-state index in [0.717, 1.165) is 0 Å². The number of benzene rings is 1. The molecule has 25 heavy (non-hydrogen) atoms. The second kappa shape index (κ2) is 8.62. The van der Waals surface area contributed by atoms with Crippen LogP contribution in [0.4, 0.5) is 0 Å². The highest BCUT2D eigenvalue weighted by Crippen LogP contribution is 2.26. The maximum Gasteiger partial charge on any atom is 0.328 e. The molecule has 0 aliphatic rings. The largest absolute Gasteiger partial charge is 0.481 e. The molecule has 0 saturated heterocycles. The Hall–Kier alpha value is -3.16. The van der Waals surface area contributed by atoms with Crippen LogP contribution in [0, 0.1) is 0 Å². The van der Waals surface area contributed by atoms with Gasteiger partial charge in [0.1, 0.15) is 12.0 Å². The number of ether oxygens (including phenoxy) is 3. The Balaban J connectivity index is 2.29. The van der Waals surface area contributed by atoms with Crippen molar-refractivity contribution < 1.29 is 23.8 Å². The smallest absolute Gasteiger partial charge is 0.328 e. The third-order valence-corrected chi connectivity index (χ3v) is 3.33.